The van der Waals surface area contributed by atoms with Crippen LogP contribution >= 0.6 is 11.8 Å². The third-order valence-electron chi connectivity index (χ3n) is 5.24. The Morgan fingerprint density at radius 3 is 2.39 bits per heavy atom. The van der Waals surface area contributed by atoms with E-state index in [0.717, 1.165) is 43.9 Å². The minimum Gasteiger partial charge on any atom is -0.355 e. The van der Waals surface area contributed by atoms with Gasteiger partial charge in [0.2, 0.25) is 11.8 Å². The van der Waals surface area contributed by atoms with E-state index in [1.54, 1.807) is 0 Å². The average molecular weight is 442 g/mol. The molecule has 0 bridgehead atoms. The third kappa shape index (κ3) is 6.95. The number of carbonyl (C=O) groups excluding carboxylic acids is 2. The maximum Gasteiger partial charge on any atom is 0.234 e. The van der Waals surface area contributed by atoms with Crippen molar-refractivity contribution in [3.8, 4) is 0 Å². The summed E-state index contributed by atoms with van der Waals surface area (Å²) >= 11 is 1.36. The largest absolute Gasteiger partial charge is 0.355 e. The van der Waals surface area contributed by atoms with Gasteiger partial charge in [-0.3, -0.25) is 9.59 Å². The van der Waals surface area contributed by atoms with Crippen LogP contribution in [0.5, 0.6) is 0 Å². The number of rotatable bonds is 8. The zero-order chi connectivity index (χ0) is 22.2. The maximum atomic E-state index is 12.2. The summed E-state index contributed by atoms with van der Waals surface area (Å²) in [5.74, 6) is 1.24. The molecule has 0 radical (unpaired) electrons. The van der Waals surface area contributed by atoms with Crippen molar-refractivity contribution >= 4 is 35.1 Å². The quantitative estimate of drug-likeness (QED) is 0.610. The highest BCUT2D eigenvalue weighted by molar-refractivity contribution is 7.99. The lowest BCUT2D eigenvalue weighted by molar-refractivity contribution is -0.126. The zero-order valence-corrected chi connectivity index (χ0v) is 19.2. The van der Waals surface area contributed by atoms with Crippen molar-refractivity contribution in [2.45, 2.75) is 51.1 Å². The minimum absolute atomic E-state index is 0.0677. The summed E-state index contributed by atoms with van der Waals surface area (Å²) in [6, 6.07) is 11.9. The van der Waals surface area contributed by atoms with E-state index in [9.17, 15) is 9.59 Å². The van der Waals surface area contributed by atoms with Crippen molar-refractivity contribution in [3.63, 3.8) is 0 Å². The Kier molecular flexibility index (Phi) is 8.28. The van der Waals surface area contributed by atoms with Crippen molar-refractivity contribution in [1.29, 1.82) is 0 Å². The highest BCUT2D eigenvalue weighted by Crippen LogP contribution is 2.23. The van der Waals surface area contributed by atoms with Crippen LogP contribution in [-0.2, 0) is 16.0 Å². The number of aryl methyl sites for hydroxylation is 1. The smallest absolute Gasteiger partial charge is 0.234 e. The Hall–Kier alpha value is -2.61. The average Bonchev–Trinajstić information content (AvgIpc) is 2.78. The molecule has 1 saturated heterocycles. The number of hydrogen-bond acceptors (Lipinski definition) is 6. The van der Waals surface area contributed by atoms with Gasteiger partial charge in [-0.1, -0.05) is 30.8 Å². The fourth-order valence-electron chi connectivity index (χ4n) is 3.49. The number of benzene rings is 1. The summed E-state index contributed by atoms with van der Waals surface area (Å²) < 4.78 is 0. The molecule has 1 aromatic carbocycles. The number of amides is 2. The van der Waals surface area contributed by atoms with Crippen LogP contribution < -0.4 is 15.5 Å². The van der Waals surface area contributed by atoms with E-state index >= 15 is 0 Å². The van der Waals surface area contributed by atoms with Crippen LogP contribution in [0.1, 0.15) is 39.2 Å². The molecule has 0 unspecified atom stereocenters. The van der Waals surface area contributed by atoms with Gasteiger partial charge < -0.3 is 15.5 Å². The van der Waals surface area contributed by atoms with Crippen LogP contribution in [0, 0.1) is 5.92 Å². The molecule has 1 aliphatic rings. The summed E-state index contributed by atoms with van der Waals surface area (Å²) in [4.78, 5) is 26.5. The Morgan fingerprint density at radius 1 is 1.10 bits per heavy atom. The number of nitrogens with one attached hydrogen (secondary N) is 2. The van der Waals surface area contributed by atoms with Crippen molar-refractivity contribution in [2.75, 3.05) is 29.1 Å². The summed E-state index contributed by atoms with van der Waals surface area (Å²) in [5, 5.41) is 15.2. The van der Waals surface area contributed by atoms with Crippen LogP contribution in [0.4, 0.5) is 11.5 Å². The first kappa shape index (κ1) is 23.1. The number of hydrogen-bond donors (Lipinski definition) is 2. The lowest BCUT2D eigenvalue weighted by atomic mass is 9.95. The molecule has 3 rings (SSSR count). The fourth-order valence-corrected chi connectivity index (χ4v) is 4.11. The molecule has 2 aromatic rings. The predicted molar refractivity (Wildman–Crippen MR) is 125 cm³/mol. The molecule has 2 N–H and O–H groups in total. The number of nitrogens with zero attached hydrogens (tertiary/aromatic N) is 3. The summed E-state index contributed by atoms with van der Waals surface area (Å²) in [6.07, 6.45) is 2.61. The van der Waals surface area contributed by atoms with E-state index in [1.165, 1.54) is 17.3 Å². The van der Waals surface area contributed by atoms with Gasteiger partial charge in [0.1, 0.15) is 5.03 Å². The van der Waals surface area contributed by atoms with Crippen LogP contribution in [-0.4, -0.2) is 46.9 Å². The molecular weight excluding hydrogens is 410 g/mol. The van der Waals surface area contributed by atoms with E-state index in [1.807, 2.05) is 50.2 Å². The number of anilines is 2. The highest BCUT2D eigenvalue weighted by atomic mass is 32.2. The van der Waals surface area contributed by atoms with Crippen LogP contribution in [0.2, 0.25) is 0 Å². The standard InChI is InChI=1S/C23H31N5O2S/c1-4-17-5-7-19(8-6-17)25-21(29)15-31-22-10-9-20(26-27-22)28-13-11-18(12-14-28)23(30)24-16(2)3/h5-10,16,18H,4,11-15H2,1-3H3,(H,24,30)(H,25,29). The zero-order valence-electron chi connectivity index (χ0n) is 18.4. The van der Waals surface area contributed by atoms with E-state index in [0.29, 0.717) is 5.03 Å². The van der Waals surface area contributed by atoms with Crippen LogP contribution in [0.25, 0.3) is 0 Å². The molecule has 8 heteroatoms. The fraction of sp³-hybridized carbons (Fsp3) is 0.478. The number of carbonyl (C=O) groups is 2. The van der Waals surface area contributed by atoms with E-state index < -0.39 is 0 Å². The number of thioether (sulfide) groups is 1. The van der Waals surface area contributed by atoms with Gasteiger partial charge >= 0.3 is 0 Å². The molecule has 0 aliphatic carbocycles. The van der Waals surface area contributed by atoms with Crippen LogP contribution in [0.15, 0.2) is 41.4 Å². The Morgan fingerprint density at radius 2 is 1.81 bits per heavy atom. The second-order valence-corrected chi connectivity index (χ2v) is 9.04. The summed E-state index contributed by atoms with van der Waals surface area (Å²) in [5.41, 5.74) is 2.04. The molecule has 0 spiro atoms. The molecule has 166 valence electrons. The Labute approximate surface area is 188 Å². The second-order valence-electron chi connectivity index (χ2n) is 8.04. The first-order chi connectivity index (χ1) is 14.9. The summed E-state index contributed by atoms with van der Waals surface area (Å²) in [7, 11) is 0. The monoisotopic (exact) mass is 441 g/mol. The van der Waals surface area contributed by atoms with Crippen LogP contribution in [0.3, 0.4) is 0 Å². The first-order valence-corrected chi connectivity index (χ1v) is 11.8. The topological polar surface area (TPSA) is 87.2 Å². The lowest BCUT2D eigenvalue weighted by Gasteiger charge is -2.32. The van der Waals surface area contributed by atoms with Gasteiger partial charge in [-0.25, -0.2) is 0 Å². The number of piperidine rings is 1. The molecule has 1 aromatic heterocycles. The maximum absolute atomic E-state index is 12.2. The highest BCUT2D eigenvalue weighted by Gasteiger charge is 2.26. The molecule has 1 aliphatic heterocycles. The Bertz CT molecular complexity index is 863. The molecule has 0 atom stereocenters. The van der Waals surface area contributed by atoms with Crippen molar-refractivity contribution in [1.82, 2.24) is 15.5 Å². The van der Waals surface area contributed by atoms with E-state index in [4.69, 9.17) is 0 Å². The van der Waals surface area contributed by atoms with Gasteiger partial charge in [0.25, 0.3) is 0 Å². The van der Waals surface area contributed by atoms with Gasteiger partial charge in [-0.05, 0) is 62.9 Å². The molecule has 0 saturated carbocycles. The summed E-state index contributed by atoms with van der Waals surface area (Å²) in [6.45, 7) is 7.64. The van der Waals surface area contributed by atoms with Gasteiger partial charge in [-0.2, -0.15) is 0 Å². The first-order valence-electron chi connectivity index (χ1n) is 10.8. The predicted octanol–water partition coefficient (Wildman–Crippen LogP) is 3.51. The normalized spacial score (nSPS) is 14.5. The van der Waals surface area contributed by atoms with Gasteiger partial charge in [0.05, 0.1) is 5.75 Å². The Balaban J connectivity index is 1.44. The van der Waals surface area contributed by atoms with E-state index in [2.05, 4.69) is 32.7 Å². The van der Waals surface area contributed by atoms with E-state index in [-0.39, 0.29) is 29.5 Å². The van der Waals surface area contributed by atoms with Gasteiger partial charge in [0.15, 0.2) is 5.82 Å². The molecular formula is C23H31N5O2S. The molecule has 31 heavy (non-hydrogen) atoms. The lowest BCUT2D eigenvalue weighted by Crippen LogP contribution is -2.42. The number of aromatic nitrogens is 2. The third-order valence-corrected chi connectivity index (χ3v) is 6.16. The molecule has 1 fully saturated rings. The SMILES string of the molecule is CCc1ccc(NC(=O)CSc2ccc(N3CCC(C(=O)NC(C)C)CC3)nn2)cc1. The van der Waals surface area contributed by atoms with Crippen molar-refractivity contribution in [3.05, 3.63) is 42.0 Å². The molecule has 2 heterocycles. The molecule has 2 amide bonds. The molecule has 7 nitrogen and oxygen atoms in total. The minimum atomic E-state index is -0.0677. The van der Waals surface area contributed by atoms with Crippen molar-refractivity contribution < 1.29 is 9.59 Å². The van der Waals surface area contributed by atoms with Gasteiger partial charge in [-0.15, -0.1) is 10.2 Å². The van der Waals surface area contributed by atoms with Gasteiger partial charge in [0, 0.05) is 30.7 Å². The van der Waals surface area contributed by atoms with Crippen molar-refractivity contribution in [2.24, 2.45) is 5.92 Å². The second kappa shape index (κ2) is 11.1.